The first-order chi connectivity index (χ1) is 12.4. The molecule has 1 aromatic rings. The van der Waals surface area contributed by atoms with Gasteiger partial charge in [0.15, 0.2) is 11.5 Å². The van der Waals surface area contributed by atoms with Gasteiger partial charge < -0.3 is 20.1 Å². The summed E-state index contributed by atoms with van der Waals surface area (Å²) in [5, 5.41) is 32.9. The summed E-state index contributed by atoms with van der Waals surface area (Å²) in [6.07, 6.45) is 4.68. The van der Waals surface area contributed by atoms with Crippen LogP contribution in [0.25, 0.3) is 0 Å². The number of aliphatic hydroxyl groups excluding tert-OH is 1. The van der Waals surface area contributed by atoms with E-state index in [2.05, 4.69) is 11.8 Å². The van der Waals surface area contributed by atoms with Crippen LogP contribution < -0.4 is 4.74 Å². The number of nitrogens with zero attached hydrogens (tertiary/aromatic N) is 1. The zero-order valence-electron chi connectivity index (χ0n) is 15.4. The van der Waals surface area contributed by atoms with E-state index in [1.54, 1.807) is 6.07 Å². The van der Waals surface area contributed by atoms with Gasteiger partial charge in [-0.2, -0.15) is 0 Å². The van der Waals surface area contributed by atoms with Crippen molar-refractivity contribution in [3.63, 3.8) is 0 Å². The average Bonchev–Trinajstić information content (AvgIpc) is 3.41. The molecule has 4 aliphatic rings. The summed E-state index contributed by atoms with van der Waals surface area (Å²) in [5.41, 5.74) is 0.761. The zero-order chi connectivity index (χ0) is 18.1. The van der Waals surface area contributed by atoms with Gasteiger partial charge in [0, 0.05) is 23.6 Å². The van der Waals surface area contributed by atoms with Gasteiger partial charge >= 0.3 is 0 Å². The maximum absolute atomic E-state index is 12.1. The van der Waals surface area contributed by atoms with Crippen molar-refractivity contribution in [2.24, 2.45) is 5.92 Å². The van der Waals surface area contributed by atoms with Crippen LogP contribution in [0.3, 0.4) is 0 Å². The predicted octanol–water partition coefficient (Wildman–Crippen LogP) is 1.95. The Balaban J connectivity index is 1.68. The molecule has 4 bridgehead atoms. The second kappa shape index (κ2) is 5.60. The third kappa shape index (κ3) is 2.26. The van der Waals surface area contributed by atoms with Crippen LogP contribution in [-0.4, -0.2) is 57.7 Å². The molecule has 1 aromatic carbocycles. The summed E-state index contributed by atoms with van der Waals surface area (Å²) in [5.74, 6) is 1.36. The Bertz CT molecular complexity index is 733. The van der Waals surface area contributed by atoms with Gasteiger partial charge in [0.25, 0.3) is 0 Å². The molecule has 1 saturated heterocycles. The van der Waals surface area contributed by atoms with Crippen LogP contribution in [0.4, 0.5) is 0 Å². The van der Waals surface area contributed by atoms with Crippen LogP contribution in [0.15, 0.2) is 12.1 Å². The minimum atomic E-state index is -0.912. The Morgan fingerprint density at radius 1 is 1.23 bits per heavy atom. The van der Waals surface area contributed by atoms with E-state index in [1.807, 2.05) is 6.07 Å². The van der Waals surface area contributed by atoms with Gasteiger partial charge in [-0.1, -0.05) is 13.0 Å². The lowest BCUT2D eigenvalue weighted by Crippen LogP contribution is -2.70. The summed E-state index contributed by atoms with van der Waals surface area (Å²) in [7, 11) is 0. The van der Waals surface area contributed by atoms with E-state index in [0.717, 1.165) is 37.4 Å². The van der Waals surface area contributed by atoms with Gasteiger partial charge in [-0.15, -0.1) is 0 Å². The third-order valence-electron chi connectivity index (χ3n) is 7.50. The van der Waals surface area contributed by atoms with Gasteiger partial charge in [0.1, 0.15) is 6.61 Å². The van der Waals surface area contributed by atoms with Crippen LogP contribution in [0, 0.1) is 5.92 Å². The number of aliphatic hydroxyl groups is 2. The lowest BCUT2D eigenvalue weighted by Gasteiger charge is -2.61. The highest BCUT2D eigenvalue weighted by molar-refractivity contribution is 5.57. The molecule has 2 aliphatic heterocycles. The largest absolute Gasteiger partial charge is 0.504 e. The molecule has 142 valence electrons. The monoisotopic (exact) mass is 359 g/mol. The second-order valence-corrected chi connectivity index (χ2v) is 9.12. The molecule has 2 heterocycles. The van der Waals surface area contributed by atoms with E-state index in [0.29, 0.717) is 18.6 Å². The fourth-order valence-corrected chi connectivity index (χ4v) is 5.73. The van der Waals surface area contributed by atoms with Crippen molar-refractivity contribution in [3.05, 3.63) is 23.3 Å². The lowest BCUT2D eigenvalue weighted by atomic mass is 9.54. The highest BCUT2D eigenvalue weighted by Gasteiger charge is 2.61. The third-order valence-corrected chi connectivity index (χ3v) is 7.50. The number of rotatable bonds is 2. The van der Waals surface area contributed by atoms with Gasteiger partial charge in [0.05, 0.1) is 11.7 Å². The number of phenols is 1. The topological polar surface area (TPSA) is 73.2 Å². The molecule has 2 fully saturated rings. The van der Waals surface area contributed by atoms with E-state index >= 15 is 0 Å². The first-order valence-electron chi connectivity index (χ1n) is 10.0. The van der Waals surface area contributed by atoms with E-state index in [9.17, 15) is 15.3 Å². The quantitative estimate of drug-likeness (QED) is 0.753. The minimum absolute atomic E-state index is 0.0667. The van der Waals surface area contributed by atoms with Crippen molar-refractivity contribution in [2.45, 2.75) is 68.6 Å². The smallest absolute Gasteiger partial charge is 0.165 e. The predicted molar refractivity (Wildman–Crippen MR) is 97.6 cm³/mol. The van der Waals surface area contributed by atoms with Crippen molar-refractivity contribution in [1.29, 1.82) is 0 Å². The number of hydrogen-bond acceptors (Lipinski definition) is 5. The number of aromatic hydroxyl groups is 1. The van der Waals surface area contributed by atoms with E-state index in [-0.39, 0.29) is 18.4 Å². The molecule has 1 saturated carbocycles. The van der Waals surface area contributed by atoms with Crippen molar-refractivity contribution < 1.29 is 20.1 Å². The maximum Gasteiger partial charge on any atom is 0.165 e. The summed E-state index contributed by atoms with van der Waals surface area (Å²) in [6.45, 7) is 4.34. The molecule has 0 amide bonds. The molecule has 5 rings (SSSR count). The van der Waals surface area contributed by atoms with Gasteiger partial charge in [-0.25, -0.2) is 0 Å². The summed E-state index contributed by atoms with van der Waals surface area (Å²) in [6, 6.07) is 3.77. The van der Waals surface area contributed by atoms with Crippen molar-refractivity contribution in [2.75, 3.05) is 19.7 Å². The highest BCUT2D eigenvalue weighted by Crippen LogP contribution is 2.58. The molecule has 0 unspecified atom stereocenters. The summed E-state index contributed by atoms with van der Waals surface area (Å²) < 4.78 is 5.89. The van der Waals surface area contributed by atoms with Crippen LogP contribution in [-0.2, 0) is 11.8 Å². The molecule has 0 aromatic heterocycles. The Morgan fingerprint density at radius 3 is 2.81 bits per heavy atom. The van der Waals surface area contributed by atoms with Crippen molar-refractivity contribution in [1.82, 2.24) is 4.90 Å². The van der Waals surface area contributed by atoms with Gasteiger partial charge in [-0.3, -0.25) is 4.90 Å². The Hall–Kier alpha value is -1.30. The van der Waals surface area contributed by atoms with Gasteiger partial charge in [0.2, 0.25) is 0 Å². The average molecular weight is 359 g/mol. The van der Waals surface area contributed by atoms with Crippen molar-refractivity contribution >= 4 is 0 Å². The molecule has 2 aliphatic carbocycles. The minimum Gasteiger partial charge on any atom is -0.504 e. The number of likely N-dealkylation sites (tertiary alicyclic amines) is 1. The molecule has 3 N–H and O–H groups in total. The fraction of sp³-hybridized carbons (Fsp3) is 0.714. The SMILES string of the molecule is C[C@]12CCN(CC3CC3)[C@@H]3Cc4ccc(O)c(c41)OC[C@@H](O)CC[C@@]32O. The zero-order valence-corrected chi connectivity index (χ0v) is 15.4. The summed E-state index contributed by atoms with van der Waals surface area (Å²) in [4.78, 5) is 2.50. The first kappa shape index (κ1) is 16.8. The Labute approximate surface area is 154 Å². The maximum atomic E-state index is 12.1. The van der Waals surface area contributed by atoms with E-state index in [1.165, 1.54) is 18.4 Å². The molecule has 5 heteroatoms. The molecule has 0 spiro atoms. The molecule has 26 heavy (non-hydrogen) atoms. The second-order valence-electron chi connectivity index (χ2n) is 9.12. The van der Waals surface area contributed by atoms with Crippen LogP contribution in [0.1, 0.15) is 50.2 Å². The first-order valence-corrected chi connectivity index (χ1v) is 10.0. The number of ether oxygens (including phenoxy) is 1. The normalized spacial score (nSPS) is 39.5. The Morgan fingerprint density at radius 2 is 2.04 bits per heavy atom. The summed E-state index contributed by atoms with van der Waals surface area (Å²) >= 11 is 0. The van der Waals surface area contributed by atoms with Crippen molar-refractivity contribution in [3.8, 4) is 11.5 Å². The van der Waals surface area contributed by atoms with E-state index < -0.39 is 17.1 Å². The molecular weight excluding hydrogens is 330 g/mol. The van der Waals surface area contributed by atoms with Crippen LogP contribution >= 0.6 is 0 Å². The molecule has 0 radical (unpaired) electrons. The number of hydrogen-bond donors (Lipinski definition) is 3. The van der Waals surface area contributed by atoms with Crippen LogP contribution in [0.2, 0.25) is 0 Å². The van der Waals surface area contributed by atoms with Crippen LogP contribution in [0.5, 0.6) is 11.5 Å². The molecule has 4 atom stereocenters. The molecular formula is C21H29NO4. The lowest BCUT2D eigenvalue weighted by molar-refractivity contribution is -0.149. The number of piperidine rings is 1. The molecule has 5 nitrogen and oxygen atoms in total. The fourth-order valence-electron chi connectivity index (χ4n) is 5.73. The van der Waals surface area contributed by atoms with E-state index in [4.69, 9.17) is 4.74 Å². The number of phenolic OH excluding ortho intramolecular Hbond substituents is 1. The Kier molecular flexibility index (Phi) is 3.63. The standard InChI is InChI=1S/C21H29NO4/c1-20-8-9-22(11-13-2-3-13)17-10-14-4-5-16(24)19(18(14)20)26-12-15(23)6-7-21(17,20)25/h4-5,13,15,17,23-25H,2-3,6-12H2,1H3/t15-,17+,20-,21+/m0/s1. The number of benzene rings is 1. The van der Waals surface area contributed by atoms with Gasteiger partial charge in [-0.05, 0) is 62.6 Å². The highest BCUT2D eigenvalue weighted by atomic mass is 16.5.